The molecule has 0 spiro atoms. The van der Waals surface area contributed by atoms with Crippen LogP contribution in [0.2, 0.25) is 0 Å². The van der Waals surface area contributed by atoms with Crippen LogP contribution in [0.4, 0.5) is 0 Å². The Kier molecular flexibility index (Phi) is 7.04. The molecule has 1 aliphatic heterocycles. The van der Waals surface area contributed by atoms with Crippen LogP contribution in [0.15, 0.2) is 42.5 Å². The summed E-state index contributed by atoms with van der Waals surface area (Å²) in [7, 11) is 2.97. The van der Waals surface area contributed by atoms with Crippen LogP contribution in [0.1, 0.15) is 32.4 Å². The fourth-order valence-electron chi connectivity index (χ4n) is 3.70. The second-order valence-corrected chi connectivity index (χ2v) is 7.29. The molecule has 1 aliphatic rings. The van der Waals surface area contributed by atoms with Gasteiger partial charge in [-0.25, -0.2) is 0 Å². The van der Waals surface area contributed by atoms with E-state index in [0.29, 0.717) is 16.7 Å². The molecule has 2 aromatic rings. The van der Waals surface area contributed by atoms with Crippen LogP contribution in [-0.2, 0) is 4.74 Å². The summed E-state index contributed by atoms with van der Waals surface area (Å²) in [5, 5.41) is 45.4. The number of rotatable bonds is 5. The lowest BCUT2D eigenvalue weighted by atomic mass is 9.86. The summed E-state index contributed by atoms with van der Waals surface area (Å²) in [4.78, 5) is 24.5. The lowest BCUT2D eigenvalue weighted by molar-refractivity contribution is -0.231. The summed E-state index contributed by atoms with van der Waals surface area (Å²) in [5.41, 5.74) is 2.08. The van der Waals surface area contributed by atoms with E-state index in [9.17, 15) is 30.0 Å². The zero-order chi connectivity index (χ0) is 22.7. The van der Waals surface area contributed by atoms with E-state index in [2.05, 4.69) is 10.6 Å². The van der Waals surface area contributed by atoms with E-state index >= 15 is 0 Å². The van der Waals surface area contributed by atoms with E-state index in [0.717, 1.165) is 0 Å². The topological polar surface area (TPSA) is 148 Å². The minimum atomic E-state index is -1.53. The molecule has 5 unspecified atom stereocenters. The zero-order valence-corrected chi connectivity index (χ0v) is 17.1. The Morgan fingerprint density at radius 2 is 1.48 bits per heavy atom. The van der Waals surface area contributed by atoms with Gasteiger partial charge >= 0.3 is 0 Å². The van der Waals surface area contributed by atoms with Crippen LogP contribution in [0.5, 0.6) is 0 Å². The number of aliphatic hydroxyl groups is 4. The highest BCUT2D eigenvalue weighted by Gasteiger charge is 2.44. The van der Waals surface area contributed by atoms with Gasteiger partial charge in [0.15, 0.2) is 0 Å². The van der Waals surface area contributed by atoms with Gasteiger partial charge in [-0.3, -0.25) is 9.59 Å². The van der Waals surface area contributed by atoms with Gasteiger partial charge in [0.1, 0.15) is 30.5 Å². The largest absolute Gasteiger partial charge is 0.394 e. The van der Waals surface area contributed by atoms with Crippen molar-refractivity contribution in [2.75, 3.05) is 20.7 Å². The Balaban J connectivity index is 2.13. The molecule has 0 saturated carbocycles. The number of hydrogen-bond acceptors (Lipinski definition) is 7. The van der Waals surface area contributed by atoms with Crippen LogP contribution < -0.4 is 10.6 Å². The van der Waals surface area contributed by atoms with Gasteiger partial charge in [-0.15, -0.1) is 0 Å². The smallest absolute Gasteiger partial charge is 0.251 e. The Bertz CT molecular complexity index is 928. The molecule has 9 heteroatoms. The predicted molar refractivity (Wildman–Crippen MR) is 111 cm³/mol. The van der Waals surface area contributed by atoms with E-state index in [-0.39, 0.29) is 22.9 Å². The molecule has 3 rings (SSSR count). The first-order chi connectivity index (χ1) is 14.8. The van der Waals surface area contributed by atoms with Crippen molar-refractivity contribution < 1.29 is 34.8 Å². The van der Waals surface area contributed by atoms with E-state index in [1.807, 2.05) is 0 Å². The fraction of sp³-hybridized carbons (Fsp3) is 0.364. The standard InChI is InChI=1S/C22H26N2O7/c1-23-21(29)12-7-11(8-13(9-12)22(30)24-2)14-5-3-4-6-15(14)20-19(28)18(27)17(26)16(10-25)31-20/h3-9,16-20,25-28H,10H2,1-2H3,(H,23,29)(H,24,30). The fourth-order valence-corrected chi connectivity index (χ4v) is 3.70. The number of carbonyl (C=O) groups is 2. The SMILES string of the molecule is CNC(=O)c1cc(C(=O)NC)cc(-c2ccccc2C2OC(CO)C(O)C(O)C2O)c1. The minimum absolute atomic E-state index is 0.266. The summed E-state index contributed by atoms with van der Waals surface area (Å²) >= 11 is 0. The maximum atomic E-state index is 12.3. The van der Waals surface area contributed by atoms with Gasteiger partial charge in [0.05, 0.1) is 6.61 Å². The zero-order valence-electron chi connectivity index (χ0n) is 17.1. The normalized spacial score (nSPS) is 25.7. The molecule has 1 fully saturated rings. The average molecular weight is 430 g/mol. The van der Waals surface area contributed by atoms with Crippen LogP contribution in [0.25, 0.3) is 11.1 Å². The minimum Gasteiger partial charge on any atom is -0.394 e. The molecular weight excluding hydrogens is 404 g/mol. The molecule has 0 aliphatic carbocycles. The number of amides is 2. The molecule has 1 saturated heterocycles. The summed E-state index contributed by atoms with van der Waals surface area (Å²) in [6, 6.07) is 11.5. The van der Waals surface area contributed by atoms with Gasteiger partial charge in [-0.2, -0.15) is 0 Å². The van der Waals surface area contributed by atoms with E-state index < -0.39 is 37.1 Å². The van der Waals surface area contributed by atoms with Crippen LogP contribution >= 0.6 is 0 Å². The highest BCUT2D eigenvalue weighted by atomic mass is 16.5. The number of nitrogens with one attached hydrogen (secondary N) is 2. The third-order valence-electron chi connectivity index (χ3n) is 5.38. The molecule has 0 radical (unpaired) electrons. The average Bonchev–Trinajstić information content (AvgIpc) is 2.81. The highest BCUT2D eigenvalue weighted by Crippen LogP contribution is 2.38. The van der Waals surface area contributed by atoms with Crippen LogP contribution in [0.3, 0.4) is 0 Å². The third kappa shape index (κ3) is 4.46. The van der Waals surface area contributed by atoms with E-state index in [4.69, 9.17) is 4.74 Å². The molecule has 2 aromatic carbocycles. The molecule has 6 N–H and O–H groups in total. The molecule has 166 valence electrons. The van der Waals surface area contributed by atoms with Crippen molar-refractivity contribution >= 4 is 11.8 Å². The van der Waals surface area contributed by atoms with E-state index in [1.54, 1.807) is 36.4 Å². The van der Waals surface area contributed by atoms with Gasteiger partial charge in [-0.05, 0) is 34.9 Å². The lowest BCUT2D eigenvalue weighted by Crippen LogP contribution is -2.55. The molecule has 0 bridgehead atoms. The Morgan fingerprint density at radius 3 is 2.03 bits per heavy atom. The monoisotopic (exact) mass is 430 g/mol. The van der Waals surface area contributed by atoms with Crippen LogP contribution in [-0.4, -0.2) is 77.4 Å². The van der Waals surface area contributed by atoms with Gasteiger partial charge < -0.3 is 35.8 Å². The number of hydrogen-bond donors (Lipinski definition) is 6. The van der Waals surface area contributed by atoms with E-state index in [1.165, 1.54) is 20.2 Å². The number of aliphatic hydroxyl groups excluding tert-OH is 4. The Hall–Kier alpha value is -2.82. The summed E-state index contributed by atoms with van der Waals surface area (Å²) in [6.45, 7) is -0.545. The molecule has 5 atom stereocenters. The van der Waals surface area contributed by atoms with Gasteiger partial charge in [0, 0.05) is 25.2 Å². The van der Waals surface area contributed by atoms with Crippen molar-refractivity contribution in [3.8, 4) is 11.1 Å². The third-order valence-corrected chi connectivity index (χ3v) is 5.38. The van der Waals surface area contributed by atoms with Gasteiger partial charge in [0.25, 0.3) is 11.8 Å². The quantitative estimate of drug-likeness (QED) is 0.378. The van der Waals surface area contributed by atoms with Crippen molar-refractivity contribution in [3.05, 3.63) is 59.2 Å². The number of carbonyl (C=O) groups excluding carboxylic acids is 2. The van der Waals surface area contributed by atoms with Gasteiger partial charge in [-0.1, -0.05) is 24.3 Å². The highest BCUT2D eigenvalue weighted by molar-refractivity contribution is 6.01. The molecule has 9 nitrogen and oxygen atoms in total. The molecule has 2 amide bonds. The van der Waals surface area contributed by atoms with Crippen LogP contribution in [0, 0.1) is 0 Å². The van der Waals surface area contributed by atoms with Crippen molar-refractivity contribution in [2.24, 2.45) is 0 Å². The molecule has 0 aromatic heterocycles. The Morgan fingerprint density at radius 1 is 0.903 bits per heavy atom. The molecule has 1 heterocycles. The summed E-state index contributed by atoms with van der Waals surface area (Å²) < 4.78 is 5.71. The first-order valence-corrected chi connectivity index (χ1v) is 9.81. The lowest BCUT2D eigenvalue weighted by Gasteiger charge is -2.40. The second-order valence-electron chi connectivity index (χ2n) is 7.29. The number of ether oxygens (including phenoxy) is 1. The molecule has 31 heavy (non-hydrogen) atoms. The Labute approximate surface area is 179 Å². The summed E-state index contributed by atoms with van der Waals surface area (Å²) in [6.07, 6.45) is -6.57. The first-order valence-electron chi connectivity index (χ1n) is 9.81. The number of benzene rings is 2. The summed E-state index contributed by atoms with van der Waals surface area (Å²) in [5.74, 6) is -0.755. The maximum Gasteiger partial charge on any atom is 0.251 e. The predicted octanol–water partition coefficient (Wildman–Crippen LogP) is -0.412. The van der Waals surface area contributed by atoms with Crippen molar-refractivity contribution in [1.82, 2.24) is 10.6 Å². The maximum absolute atomic E-state index is 12.3. The van der Waals surface area contributed by atoms with Crippen molar-refractivity contribution in [3.63, 3.8) is 0 Å². The first kappa shape index (κ1) is 22.9. The van der Waals surface area contributed by atoms with Crippen molar-refractivity contribution in [2.45, 2.75) is 30.5 Å². The van der Waals surface area contributed by atoms with Gasteiger partial charge in [0.2, 0.25) is 0 Å². The van der Waals surface area contributed by atoms with Crippen molar-refractivity contribution in [1.29, 1.82) is 0 Å². The second kappa shape index (κ2) is 9.54. The molecular formula is C22H26N2O7.